The molecule has 3 aromatic rings. The molecule has 5 heterocycles. The Balaban J connectivity index is 1.04. The number of halogens is 1. The summed E-state index contributed by atoms with van der Waals surface area (Å²) in [4.78, 5) is 46.1. The quantitative estimate of drug-likeness (QED) is 0.181. The van der Waals surface area contributed by atoms with E-state index in [1.165, 1.54) is 0 Å². The number of esters is 1. The van der Waals surface area contributed by atoms with Crippen molar-refractivity contribution in [3.63, 3.8) is 0 Å². The summed E-state index contributed by atoms with van der Waals surface area (Å²) in [6.45, 7) is 8.39. The standard InChI is InChI=1S/C42H50BrN7O6/c1-53-31-11-17-47(18-12-31)16-4-9-36(51)50-20-19-49(26-30(50)10-15-44)39-38-34(45-41(46-39)55-28-42(13-14-42)27-48-21-23-54-24-22-48)25-35(56-40(38)52)32-7-2-5-29-6-3-8-33(43)37(29)32/h2-9,30-31,35H,10-14,16-28H2,1H3/b9-4+/t30-,35?/m0/s1. The average Bonchev–Trinajstić information content (AvgIpc) is 3.99. The molecule has 56 heavy (non-hydrogen) atoms. The highest BCUT2D eigenvalue weighted by Gasteiger charge is 2.46. The summed E-state index contributed by atoms with van der Waals surface area (Å²) in [5.41, 5.74) is 1.81. The van der Waals surface area contributed by atoms with Crippen molar-refractivity contribution in [2.24, 2.45) is 5.41 Å². The maximum Gasteiger partial charge on any atom is 0.344 e. The number of aromatic nitrogens is 2. The SMILES string of the molecule is COC1CCN(C/C=C/C(=O)N2CCN(c3nc(OCC4(CN5CCOCC5)CC4)nc4c3C(=O)OC(c3cccc5cccc(Br)c35)C4)C[C@@H]2CC#N)CC1. The van der Waals surface area contributed by atoms with Crippen molar-refractivity contribution in [1.82, 2.24) is 24.7 Å². The Morgan fingerprint density at radius 3 is 2.59 bits per heavy atom. The van der Waals surface area contributed by atoms with Gasteiger partial charge in [0, 0.05) is 99.3 Å². The van der Waals surface area contributed by atoms with E-state index in [1.54, 1.807) is 18.1 Å². The van der Waals surface area contributed by atoms with Gasteiger partial charge in [-0.3, -0.25) is 14.6 Å². The second-order valence-corrected chi connectivity index (χ2v) is 16.6. The fourth-order valence-electron chi connectivity index (χ4n) is 8.61. The highest BCUT2D eigenvalue weighted by molar-refractivity contribution is 9.10. The molecule has 14 heteroatoms. The van der Waals surface area contributed by atoms with Crippen LogP contribution >= 0.6 is 15.9 Å². The first-order chi connectivity index (χ1) is 27.3. The van der Waals surface area contributed by atoms with E-state index in [2.05, 4.69) is 31.8 Å². The molecule has 2 aromatic carbocycles. The number of cyclic esters (lactones) is 1. The Morgan fingerprint density at radius 2 is 1.84 bits per heavy atom. The lowest BCUT2D eigenvalue weighted by Gasteiger charge is -2.41. The molecule has 0 spiro atoms. The van der Waals surface area contributed by atoms with Gasteiger partial charge in [0.25, 0.3) is 0 Å². The molecule has 0 bridgehead atoms. The second kappa shape index (κ2) is 17.2. The fraction of sp³-hybridized carbons (Fsp3) is 0.548. The van der Waals surface area contributed by atoms with Crippen LogP contribution in [0.4, 0.5) is 5.82 Å². The van der Waals surface area contributed by atoms with Crippen molar-refractivity contribution in [3.8, 4) is 12.1 Å². The molecule has 4 fully saturated rings. The van der Waals surface area contributed by atoms with Gasteiger partial charge in [-0.2, -0.15) is 15.2 Å². The van der Waals surface area contributed by atoms with E-state index in [0.717, 1.165) is 92.4 Å². The predicted molar refractivity (Wildman–Crippen MR) is 214 cm³/mol. The summed E-state index contributed by atoms with van der Waals surface area (Å²) in [5, 5.41) is 11.9. The minimum Gasteiger partial charge on any atom is -0.463 e. The Morgan fingerprint density at radius 1 is 1.05 bits per heavy atom. The van der Waals surface area contributed by atoms with Crippen LogP contribution in [0.25, 0.3) is 10.8 Å². The number of fused-ring (bicyclic) bond motifs is 2. The molecule has 5 aliphatic rings. The molecule has 1 aliphatic carbocycles. The molecule has 13 nitrogen and oxygen atoms in total. The first-order valence-electron chi connectivity index (χ1n) is 19.9. The van der Waals surface area contributed by atoms with E-state index in [1.807, 2.05) is 47.4 Å². The molecule has 1 saturated carbocycles. The van der Waals surface area contributed by atoms with Gasteiger partial charge in [-0.15, -0.1) is 0 Å². The number of benzene rings is 2. The number of morpholine rings is 1. The van der Waals surface area contributed by atoms with Crippen LogP contribution in [0, 0.1) is 16.7 Å². The number of amides is 1. The van der Waals surface area contributed by atoms with E-state index < -0.39 is 18.1 Å². The highest BCUT2D eigenvalue weighted by Crippen LogP contribution is 2.47. The van der Waals surface area contributed by atoms with Gasteiger partial charge in [-0.05, 0) is 37.1 Å². The number of hydrogen-bond donors (Lipinski definition) is 0. The van der Waals surface area contributed by atoms with Gasteiger partial charge in [-0.1, -0.05) is 52.3 Å². The van der Waals surface area contributed by atoms with Crippen molar-refractivity contribution in [2.45, 2.75) is 56.8 Å². The van der Waals surface area contributed by atoms with Gasteiger partial charge in [0.2, 0.25) is 5.91 Å². The lowest BCUT2D eigenvalue weighted by Crippen LogP contribution is -2.55. The Kier molecular flexibility index (Phi) is 11.9. The van der Waals surface area contributed by atoms with Crippen LogP contribution in [0.2, 0.25) is 0 Å². The number of anilines is 1. The molecule has 0 radical (unpaired) electrons. The van der Waals surface area contributed by atoms with Crippen molar-refractivity contribution in [2.75, 3.05) is 90.7 Å². The fourth-order valence-corrected chi connectivity index (χ4v) is 9.22. The van der Waals surface area contributed by atoms with Gasteiger partial charge in [-0.25, -0.2) is 4.79 Å². The second-order valence-electron chi connectivity index (χ2n) is 15.7. The molecule has 4 aliphatic heterocycles. The third kappa shape index (κ3) is 8.57. The lowest BCUT2D eigenvalue weighted by atomic mass is 9.94. The van der Waals surface area contributed by atoms with Crippen LogP contribution in [0.3, 0.4) is 0 Å². The number of methoxy groups -OCH3 is 1. The summed E-state index contributed by atoms with van der Waals surface area (Å²) >= 11 is 3.72. The molecule has 3 saturated heterocycles. The Labute approximate surface area is 336 Å². The number of hydrogen-bond acceptors (Lipinski definition) is 12. The molecule has 0 N–H and O–H groups in total. The van der Waals surface area contributed by atoms with Gasteiger partial charge >= 0.3 is 12.0 Å². The molecule has 1 amide bonds. The zero-order valence-electron chi connectivity index (χ0n) is 32.0. The first kappa shape index (κ1) is 38.7. The summed E-state index contributed by atoms with van der Waals surface area (Å²) < 4.78 is 24.7. The van der Waals surface area contributed by atoms with E-state index in [-0.39, 0.29) is 23.8 Å². The zero-order chi connectivity index (χ0) is 38.6. The summed E-state index contributed by atoms with van der Waals surface area (Å²) in [7, 11) is 1.76. The molecule has 296 valence electrons. The van der Waals surface area contributed by atoms with Crippen LogP contribution in [0.15, 0.2) is 53.0 Å². The smallest absolute Gasteiger partial charge is 0.344 e. The first-order valence-corrected chi connectivity index (χ1v) is 20.7. The number of carbonyl (C=O) groups is 2. The van der Waals surface area contributed by atoms with Crippen LogP contribution < -0.4 is 9.64 Å². The topological polar surface area (TPSA) is 134 Å². The number of nitrogens with zero attached hydrogens (tertiary/aromatic N) is 7. The van der Waals surface area contributed by atoms with E-state index >= 15 is 0 Å². The van der Waals surface area contributed by atoms with Crippen molar-refractivity contribution < 1.29 is 28.5 Å². The largest absolute Gasteiger partial charge is 0.463 e. The molecule has 8 rings (SSSR count). The van der Waals surface area contributed by atoms with Crippen LogP contribution in [-0.4, -0.2) is 135 Å². The maximum atomic E-state index is 14.1. The van der Waals surface area contributed by atoms with E-state index in [4.69, 9.17) is 28.9 Å². The van der Waals surface area contributed by atoms with E-state index in [0.29, 0.717) is 62.4 Å². The number of likely N-dealkylation sites (tertiary alicyclic amines) is 1. The third-order valence-corrected chi connectivity index (χ3v) is 12.7. The van der Waals surface area contributed by atoms with Gasteiger partial charge in [0.1, 0.15) is 11.7 Å². The summed E-state index contributed by atoms with van der Waals surface area (Å²) in [6.07, 6.45) is 7.87. The normalized spacial score (nSPS) is 23.2. The zero-order valence-corrected chi connectivity index (χ0v) is 33.6. The molecular formula is C42H50BrN7O6. The monoisotopic (exact) mass is 827 g/mol. The Hall–Kier alpha value is -4.13. The third-order valence-electron chi connectivity index (χ3n) is 12.0. The minimum absolute atomic E-state index is 0.0329. The van der Waals surface area contributed by atoms with Crippen LogP contribution in [-0.2, 0) is 25.4 Å². The average molecular weight is 829 g/mol. The van der Waals surface area contributed by atoms with Gasteiger partial charge in [0.05, 0.1) is 50.2 Å². The summed E-state index contributed by atoms with van der Waals surface area (Å²) in [5.74, 6) is -0.194. The van der Waals surface area contributed by atoms with Gasteiger partial charge in [0.15, 0.2) is 5.82 Å². The molecule has 1 aromatic heterocycles. The number of carbonyl (C=O) groups excluding carboxylic acids is 2. The molecule has 2 atom stereocenters. The van der Waals surface area contributed by atoms with Crippen molar-refractivity contribution >= 4 is 44.4 Å². The number of rotatable bonds is 12. The predicted octanol–water partition coefficient (Wildman–Crippen LogP) is 4.94. The summed E-state index contributed by atoms with van der Waals surface area (Å²) in [6, 6.07) is 14.2. The number of nitriles is 1. The minimum atomic E-state index is -0.567. The number of ether oxygens (including phenoxy) is 4. The molecule has 1 unspecified atom stereocenters. The number of piperazine rings is 1. The van der Waals surface area contributed by atoms with Gasteiger partial charge < -0.3 is 28.7 Å². The van der Waals surface area contributed by atoms with E-state index in [9.17, 15) is 14.9 Å². The molecular weight excluding hydrogens is 778 g/mol. The maximum absolute atomic E-state index is 14.1. The van der Waals surface area contributed by atoms with Crippen LogP contribution in [0.1, 0.15) is 59.8 Å². The van der Waals surface area contributed by atoms with Crippen molar-refractivity contribution in [3.05, 3.63) is 69.8 Å². The van der Waals surface area contributed by atoms with Crippen LogP contribution in [0.5, 0.6) is 6.01 Å². The van der Waals surface area contributed by atoms with Crippen molar-refractivity contribution in [1.29, 1.82) is 5.26 Å². The lowest BCUT2D eigenvalue weighted by molar-refractivity contribution is -0.128. The highest BCUT2D eigenvalue weighted by atomic mass is 79.9. The number of piperidine rings is 1. The Bertz CT molecular complexity index is 1980.